The van der Waals surface area contributed by atoms with Crippen LogP contribution in [0.3, 0.4) is 0 Å². The molecule has 11 rings (SSSR count). The minimum absolute atomic E-state index is 1.10. The van der Waals surface area contributed by atoms with Crippen molar-refractivity contribution in [2.45, 2.75) is 0 Å². The van der Waals surface area contributed by atoms with Crippen molar-refractivity contribution >= 4 is 71.2 Å². The van der Waals surface area contributed by atoms with Gasteiger partial charge in [-0.3, -0.25) is 0 Å². The molecule has 0 saturated heterocycles. The fourth-order valence-electron chi connectivity index (χ4n) is 8.72. The molecule has 0 spiro atoms. The molecule has 0 saturated carbocycles. The number of benzene rings is 10. The number of anilines is 3. The zero-order valence-electron chi connectivity index (χ0n) is 30.7. The topological polar surface area (TPSA) is 8.17 Å². The number of fused-ring (bicyclic) bond motifs is 8. The summed E-state index contributed by atoms with van der Waals surface area (Å²) < 4.78 is 2.39. The monoisotopic (exact) mass is 712 g/mol. The van der Waals surface area contributed by atoms with Crippen LogP contribution in [0.15, 0.2) is 218 Å². The van der Waals surface area contributed by atoms with E-state index in [1.807, 2.05) is 0 Å². The Morgan fingerprint density at radius 3 is 1.59 bits per heavy atom. The molecule has 0 N–H and O–H groups in total. The molecule has 0 fully saturated rings. The Kier molecular flexibility index (Phi) is 7.53. The Hall–Kier alpha value is -7.42. The van der Waals surface area contributed by atoms with Crippen LogP contribution < -0.4 is 4.90 Å². The maximum atomic E-state index is 2.42. The number of para-hydroxylation sites is 2. The molecular formula is C54H36N2. The molecule has 0 unspecified atom stereocenters. The van der Waals surface area contributed by atoms with E-state index in [1.54, 1.807) is 0 Å². The Morgan fingerprint density at radius 1 is 0.304 bits per heavy atom. The molecule has 10 aromatic carbocycles. The van der Waals surface area contributed by atoms with Crippen LogP contribution in [-0.2, 0) is 0 Å². The van der Waals surface area contributed by atoms with Crippen LogP contribution in [0.1, 0.15) is 0 Å². The highest BCUT2D eigenvalue weighted by atomic mass is 15.1. The third-order valence-electron chi connectivity index (χ3n) is 11.3. The van der Waals surface area contributed by atoms with Crippen molar-refractivity contribution in [3.05, 3.63) is 218 Å². The molecule has 0 aliphatic heterocycles. The molecule has 0 radical (unpaired) electrons. The standard InChI is InChI=1S/C54H36N2/c1-3-12-37(13-4-1)38-26-31-45(32-27-38)55(51-20-11-21-52-54(51)49-18-9-10-19-50(49)56(52)44-15-5-2-6-16-44)46-33-28-39(29-34-46)42-30-35-48-43(36-42)25-24-41-23-22-40-14-7-8-17-47(40)53(41)48/h1-36H. The number of aromatic nitrogens is 1. The largest absolute Gasteiger partial charge is 0.310 e. The van der Waals surface area contributed by atoms with E-state index in [1.165, 1.54) is 76.4 Å². The summed E-state index contributed by atoms with van der Waals surface area (Å²) in [6.45, 7) is 0. The fraction of sp³-hybridized carbons (Fsp3) is 0. The zero-order chi connectivity index (χ0) is 37.0. The number of hydrogen-bond acceptors (Lipinski definition) is 1. The van der Waals surface area contributed by atoms with E-state index in [9.17, 15) is 0 Å². The van der Waals surface area contributed by atoms with Gasteiger partial charge in [-0.1, -0.05) is 158 Å². The first-order valence-corrected chi connectivity index (χ1v) is 19.3. The minimum atomic E-state index is 1.10. The van der Waals surface area contributed by atoms with Gasteiger partial charge in [-0.15, -0.1) is 0 Å². The van der Waals surface area contributed by atoms with Crippen molar-refractivity contribution in [1.29, 1.82) is 0 Å². The Balaban J connectivity index is 1.06. The van der Waals surface area contributed by atoms with Crippen molar-refractivity contribution in [1.82, 2.24) is 4.57 Å². The predicted octanol–water partition coefficient (Wildman–Crippen LogP) is 15.0. The van der Waals surface area contributed by atoms with Crippen LogP contribution >= 0.6 is 0 Å². The molecule has 0 aliphatic carbocycles. The molecule has 262 valence electrons. The molecule has 56 heavy (non-hydrogen) atoms. The van der Waals surface area contributed by atoms with Crippen molar-refractivity contribution in [3.63, 3.8) is 0 Å². The van der Waals surface area contributed by atoms with Gasteiger partial charge in [-0.05, 0) is 115 Å². The van der Waals surface area contributed by atoms with Gasteiger partial charge in [0.05, 0.1) is 16.7 Å². The van der Waals surface area contributed by atoms with Crippen LogP contribution in [0.4, 0.5) is 17.1 Å². The lowest BCUT2D eigenvalue weighted by atomic mass is 9.94. The van der Waals surface area contributed by atoms with E-state index in [0.29, 0.717) is 0 Å². The van der Waals surface area contributed by atoms with Gasteiger partial charge in [0, 0.05) is 27.8 Å². The number of nitrogens with zero attached hydrogens (tertiary/aromatic N) is 2. The number of hydrogen-bond donors (Lipinski definition) is 0. The first-order valence-electron chi connectivity index (χ1n) is 19.3. The van der Waals surface area contributed by atoms with Gasteiger partial charge in [0.15, 0.2) is 0 Å². The smallest absolute Gasteiger partial charge is 0.0562 e. The summed E-state index contributed by atoms with van der Waals surface area (Å²) in [4.78, 5) is 2.42. The maximum Gasteiger partial charge on any atom is 0.0562 e. The van der Waals surface area contributed by atoms with E-state index in [4.69, 9.17) is 0 Å². The van der Waals surface area contributed by atoms with Crippen LogP contribution in [0.5, 0.6) is 0 Å². The van der Waals surface area contributed by atoms with Crippen molar-refractivity contribution < 1.29 is 0 Å². The van der Waals surface area contributed by atoms with Gasteiger partial charge in [-0.25, -0.2) is 0 Å². The highest BCUT2D eigenvalue weighted by Crippen LogP contribution is 2.44. The zero-order valence-corrected chi connectivity index (χ0v) is 30.7. The summed E-state index contributed by atoms with van der Waals surface area (Å²) in [5, 5.41) is 10.1. The average Bonchev–Trinajstić information content (AvgIpc) is 3.62. The van der Waals surface area contributed by atoms with Gasteiger partial charge in [0.1, 0.15) is 0 Å². The summed E-state index contributed by atoms with van der Waals surface area (Å²) in [6.07, 6.45) is 0. The molecule has 0 bridgehead atoms. The molecular weight excluding hydrogens is 677 g/mol. The fourth-order valence-corrected chi connectivity index (χ4v) is 8.72. The summed E-state index contributed by atoms with van der Waals surface area (Å²) in [5.41, 5.74) is 11.6. The van der Waals surface area contributed by atoms with Crippen LogP contribution in [0, 0.1) is 0 Å². The lowest BCUT2D eigenvalue weighted by Gasteiger charge is -2.27. The van der Waals surface area contributed by atoms with E-state index in [-0.39, 0.29) is 0 Å². The Labute approximate surface area is 325 Å². The molecule has 11 aromatic rings. The first kappa shape index (κ1) is 32.0. The third kappa shape index (κ3) is 5.26. The molecule has 0 aliphatic rings. The second-order valence-corrected chi connectivity index (χ2v) is 14.5. The summed E-state index contributed by atoms with van der Waals surface area (Å²) in [5.74, 6) is 0. The number of rotatable bonds is 6. The van der Waals surface area contributed by atoms with Crippen LogP contribution in [-0.4, -0.2) is 4.57 Å². The van der Waals surface area contributed by atoms with Crippen LogP contribution in [0.25, 0.3) is 82.1 Å². The van der Waals surface area contributed by atoms with Gasteiger partial charge in [0.2, 0.25) is 0 Å². The van der Waals surface area contributed by atoms with Crippen molar-refractivity contribution in [2.75, 3.05) is 4.90 Å². The highest BCUT2D eigenvalue weighted by Gasteiger charge is 2.21. The second-order valence-electron chi connectivity index (χ2n) is 14.5. The predicted molar refractivity (Wildman–Crippen MR) is 239 cm³/mol. The molecule has 1 heterocycles. The molecule has 2 heteroatoms. The lowest BCUT2D eigenvalue weighted by molar-refractivity contribution is 1.18. The lowest BCUT2D eigenvalue weighted by Crippen LogP contribution is -2.10. The quantitative estimate of drug-likeness (QED) is 0.156. The van der Waals surface area contributed by atoms with E-state index >= 15 is 0 Å². The normalized spacial score (nSPS) is 11.6. The van der Waals surface area contributed by atoms with Gasteiger partial charge < -0.3 is 9.47 Å². The van der Waals surface area contributed by atoms with E-state index < -0.39 is 0 Å². The molecule has 0 amide bonds. The van der Waals surface area contributed by atoms with Gasteiger partial charge in [-0.2, -0.15) is 0 Å². The average molecular weight is 713 g/mol. The summed E-state index contributed by atoms with van der Waals surface area (Å²) in [7, 11) is 0. The minimum Gasteiger partial charge on any atom is -0.310 e. The van der Waals surface area contributed by atoms with E-state index in [0.717, 1.165) is 22.7 Å². The Morgan fingerprint density at radius 2 is 0.839 bits per heavy atom. The maximum absolute atomic E-state index is 2.42. The van der Waals surface area contributed by atoms with Crippen LogP contribution in [0.2, 0.25) is 0 Å². The SMILES string of the molecule is c1ccc(-c2ccc(N(c3ccc(-c4ccc5c(ccc6ccc7ccccc7c65)c4)cc3)c3cccc4c3c3ccccc3n4-c3ccccc3)cc2)cc1. The molecule has 1 aromatic heterocycles. The van der Waals surface area contributed by atoms with E-state index in [2.05, 4.69) is 228 Å². The van der Waals surface area contributed by atoms with Gasteiger partial charge >= 0.3 is 0 Å². The second kappa shape index (κ2) is 13.2. The molecule has 0 atom stereocenters. The summed E-state index contributed by atoms with van der Waals surface area (Å²) in [6, 6.07) is 79.4. The van der Waals surface area contributed by atoms with Gasteiger partial charge in [0.25, 0.3) is 0 Å². The third-order valence-corrected chi connectivity index (χ3v) is 11.3. The highest BCUT2D eigenvalue weighted by molar-refractivity contribution is 6.20. The van der Waals surface area contributed by atoms with Crippen molar-refractivity contribution in [3.8, 4) is 27.9 Å². The Bertz CT molecular complexity index is 3210. The molecule has 2 nitrogen and oxygen atoms in total. The first-order chi connectivity index (χ1) is 27.8. The summed E-state index contributed by atoms with van der Waals surface area (Å²) >= 11 is 0. The van der Waals surface area contributed by atoms with Crippen molar-refractivity contribution in [2.24, 2.45) is 0 Å².